The van der Waals surface area contributed by atoms with Gasteiger partial charge in [0.2, 0.25) is 10.0 Å². The van der Waals surface area contributed by atoms with Crippen molar-refractivity contribution in [3.8, 4) is 11.3 Å². The molecule has 0 radical (unpaired) electrons. The number of halogens is 2. The number of hydrogen-bond acceptors (Lipinski definition) is 8. The molecule has 0 aromatic carbocycles. The van der Waals surface area contributed by atoms with Gasteiger partial charge in [-0.2, -0.15) is 5.10 Å². The summed E-state index contributed by atoms with van der Waals surface area (Å²) in [4.78, 5) is 13.6. The number of morpholine rings is 1. The highest BCUT2D eigenvalue weighted by atomic mass is 32.2. The van der Waals surface area contributed by atoms with Gasteiger partial charge < -0.3 is 14.5 Å². The van der Waals surface area contributed by atoms with Crippen LogP contribution in [-0.2, 0) is 14.8 Å². The quantitative estimate of drug-likeness (QED) is 0.505. The SMILES string of the molecule is CS(=O)(=O)NCC1CCCN(c2cc(-c3cnc4ccc(C(F)F)nn34)cc(N3CCOCC3)n2)C1. The maximum atomic E-state index is 13.3. The number of pyridine rings is 1. The van der Waals surface area contributed by atoms with Crippen molar-refractivity contribution in [3.05, 3.63) is 36.2 Å². The number of nitrogens with zero attached hydrogens (tertiary/aromatic N) is 6. The van der Waals surface area contributed by atoms with E-state index >= 15 is 0 Å². The second kappa shape index (κ2) is 10.2. The number of aromatic nitrogens is 4. The van der Waals surface area contributed by atoms with E-state index in [2.05, 4.69) is 24.6 Å². The Morgan fingerprint density at radius 3 is 2.61 bits per heavy atom. The molecule has 0 aliphatic carbocycles. The van der Waals surface area contributed by atoms with Gasteiger partial charge in [-0.05, 0) is 43.0 Å². The molecule has 0 saturated carbocycles. The topological polar surface area (TPSA) is 105 Å². The first-order valence-corrected chi connectivity index (χ1v) is 13.8. The van der Waals surface area contributed by atoms with Gasteiger partial charge in [0, 0.05) is 38.3 Å². The Bertz CT molecular complexity index is 1330. The summed E-state index contributed by atoms with van der Waals surface area (Å²) in [6.07, 6.45) is 1.94. The lowest BCUT2D eigenvalue weighted by atomic mass is 9.98. The molecule has 2 fully saturated rings. The first-order valence-electron chi connectivity index (χ1n) is 11.9. The van der Waals surface area contributed by atoms with E-state index in [-0.39, 0.29) is 11.6 Å². The first-order chi connectivity index (χ1) is 17.3. The van der Waals surface area contributed by atoms with Crippen LogP contribution in [0, 0.1) is 5.92 Å². The van der Waals surface area contributed by atoms with Crippen LogP contribution >= 0.6 is 0 Å². The van der Waals surface area contributed by atoms with Crippen LogP contribution in [0.2, 0.25) is 0 Å². The molecule has 1 atom stereocenters. The molecule has 3 aromatic rings. The maximum absolute atomic E-state index is 13.3. The van der Waals surface area contributed by atoms with Crippen molar-refractivity contribution in [2.75, 3.05) is 62.0 Å². The van der Waals surface area contributed by atoms with Crippen LogP contribution in [0.15, 0.2) is 30.5 Å². The zero-order valence-electron chi connectivity index (χ0n) is 20.0. The molecule has 2 saturated heterocycles. The second-order valence-electron chi connectivity index (χ2n) is 9.22. The van der Waals surface area contributed by atoms with Crippen LogP contribution < -0.4 is 14.5 Å². The Balaban J connectivity index is 1.52. The minimum absolute atomic E-state index is 0.150. The number of nitrogens with one attached hydrogen (secondary N) is 1. The normalized spacial score (nSPS) is 19.4. The number of alkyl halides is 2. The highest BCUT2D eigenvalue weighted by molar-refractivity contribution is 7.88. The van der Waals surface area contributed by atoms with Crippen molar-refractivity contribution >= 4 is 27.3 Å². The number of anilines is 2. The van der Waals surface area contributed by atoms with Gasteiger partial charge in [0.05, 0.1) is 31.4 Å². The number of rotatable bonds is 7. The third-order valence-electron chi connectivity index (χ3n) is 6.51. The third kappa shape index (κ3) is 5.57. The fourth-order valence-corrected chi connectivity index (χ4v) is 5.21. The first kappa shape index (κ1) is 24.8. The number of fused-ring (bicyclic) bond motifs is 1. The van der Waals surface area contributed by atoms with Crippen LogP contribution in [0.3, 0.4) is 0 Å². The molecule has 5 rings (SSSR count). The van der Waals surface area contributed by atoms with Gasteiger partial charge in [-0.15, -0.1) is 0 Å². The van der Waals surface area contributed by atoms with Gasteiger partial charge in [0.15, 0.2) is 5.65 Å². The zero-order chi connectivity index (χ0) is 25.3. The zero-order valence-corrected chi connectivity index (χ0v) is 20.8. The predicted octanol–water partition coefficient (Wildman–Crippen LogP) is 2.33. The summed E-state index contributed by atoms with van der Waals surface area (Å²) in [6.45, 7) is 4.39. The van der Waals surface area contributed by atoms with Gasteiger partial charge >= 0.3 is 0 Å². The van der Waals surface area contributed by atoms with E-state index in [1.54, 1.807) is 6.20 Å². The molecule has 1 N–H and O–H groups in total. The summed E-state index contributed by atoms with van der Waals surface area (Å²) < 4.78 is 59.4. The van der Waals surface area contributed by atoms with E-state index < -0.39 is 16.4 Å². The lowest BCUT2D eigenvalue weighted by Gasteiger charge is -2.35. The third-order valence-corrected chi connectivity index (χ3v) is 7.20. The predicted molar refractivity (Wildman–Crippen MR) is 132 cm³/mol. The molecule has 0 amide bonds. The van der Waals surface area contributed by atoms with E-state index in [9.17, 15) is 17.2 Å². The largest absolute Gasteiger partial charge is 0.378 e. The van der Waals surface area contributed by atoms with Gasteiger partial charge in [0.25, 0.3) is 6.43 Å². The molecule has 2 aliphatic heterocycles. The summed E-state index contributed by atoms with van der Waals surface area (Å²) in [7, 11) is -3.27. The van der Waals surface area contributed by atoms with E-state index in [0.717, 1.165) is 42.8 Å². The number of hydrogen-bond donors (Lipinski definition) is 1. The summed E-state index contributed by atoms with van der Waals surface area (Å²) in [5.41, 5.74) is 1.52. The number of sulfonamides is 1. The molecule has 194 valence electrons. The van der Waals surface area contributed by atoms with Crippen LogP contribution in [-0.4, -0.2) is 80.2 Å². The summed E-state index contributed by atoms with van der Waals surface area (Å²) in [5.74, 6) is 1.66. The molecule has 0 bridgehead atoms. The lowest BCUT2D eigenvalue weighted by Crippen LogP contribution is -2.41. The van der Waals surface area contributed by atoms with Crippen molar-refractivity contribution in [1.82, 2.24) is 24.3 Å². The molecule has 10 nitrogen and oxygen atoms in total. The molecule has 5 heterocycles. The fourth-order valence-electron chi connectivity index (χ4n) is 4.68. The smallest absolute Gasteiger partial charge is 0.282 e. The van der Waals surface area contributed by atoms with Gasteiger partial charge in [-0.3, -0.25) is 0 Å². The summed E-state index contributed by atoms with van der Waals surface area (Å²) in [6, 6.07) is 6.68. The standard InChI is InChI=1S/C23H29F2N7O3S/c1-36(33,34)27-13-16-3-2-6-31(15-16)22-12-17(11-21(28-22)30-7-9-35-10-8-30)19-14-26-20-5-4-18(23(24)25)29-32(19)20/h4-5,11-12,14,16,23,27H,2-3,6-10,13,15H2,1H3. The molecule has 0 spiro atoms. The molecular formula is C23H29F2N7O3S. The van der Waals surface area contributed by atoms with E-state index in [0.29, 0.717) is 50.7 Å². The highest BCUT2D eigenvalue weighted by Crippen LogP contribution is 2.31. The molecule has 36 heavy (non-hydrogen) atoms. The average Bonchev–Trinajstić information content (AvgIpc) is 3.31. The van der Waals surface area contributed by atoms with E-state index in [1.165, 1.54) is 16.6 Å². The second-order valence-corrected chi connectivity index (χ2v) is 11.1. The monoisotopic (exact) mass is 521 g/mol. The van der Waals surface area contributed by atoms with Crippen LogP contribution in [0.25, 0.3) is 16.9 Å². The minimum atomic E-state index is -3.27. The lowest BCUT2D eigenvalue weighted by molar-refractivity contribution is 0.122. The Labute approximate surface area is 208 Å². The summed E-state index contributed by atoms with van der Waals surface area (Å²) in [5, 5.41) is 4.13. The van der Waals surface area contributed by atoms with E-state index in [1.807, 2.05) is 12.1 Å². The Morgan fingerprint density at radius 2 is 1.89 bits per heavy atom. The molecular weight excluding hydrogens is 492 g/mol. The molecule has 3 aromatic heterocycles. The van der Waals surface area contributed by atoms with Gasteiger partial charge in [0.1, 0.15) is 17.3 Å². The Hall–Kier alpha value is -2.90. The highest BCUT2D eigenvalue weighted by Gasteiger charge is 2.24. The molecule has 1 unspecified atom stereocenters. The van der Waals surface area contributed by atoms with Crippen LogP contribution in [0.1, 0.15) is 25.0 Å². The van der Waals surface area contributed by atoms with Crippen LogP contribution in [0.5, 0.6) is 0 Å². The van der Waals surface area contributed by atoms with Crippen LogP contribution in [0.4, 0.5) is 20.4 Å². The van der Waals surface area contributed by atoms with E-state index in [4.69, 9.17) is 9.72 Å². The Kier molecular flexibility index (Phi) is 7.04. The molecule has 2 aliphatic rings. The number of imidazole rings is 1. The maximum Gasteiger partial charge on any atom is 0.282 e. The Morgan fingerprint density at radius 1 is 1.14 bits per heavy atom. The van der Waals surface area contributed by atoms with Crippen molar-refractivity contribution in [3.63, 3.8) is 0 Å². The molecule has 13 heteroatoms. The number of piperidine rings is 1. The fraction of sp³-hybridized carbons (Fsp3) is 0.522. The van der Waals surface area contributed by atoms with Crippen molar-refractivity contribution in [2.45, 2.75) is 19.3 Å². The van der Waals surface area contributed by atoms with Gasteiger partial charge in [-0.25, -0.2) is 36.4 Å². The van der Waals surface area contributed by atoms with Gasteiger partial charge in [-0.1, -0.05) is 0 Å². The number of ether oxygens (including phenoxy) is 1. The minimum Gasteiger partial charge on any atom is -0.378 e. The average molecular weight is 522 g/mol. The van der Waals surface area contributed by atoms with Crippen molar-refractivity contribution < 1.29 is 21.9 Å². The van der Waals surface area contributed by atoms with Crippen molar-refractivity contribution in [1.29, 1.82) is 0 Å². The van der Waals surface area contributed by atoms with Crippen molar-refractivity contribution in [2.24, 2.45) is 5.92 Å². The summed E-state index contributed by atoms with van der Waals surface area (Å²) >= 11 is 0.